The average molecular weight is 214 g/mol. The molecule has 0 radical (unpaired) electrons. The summed E-state index contributed by atoms with van der Waals surface area (Å²) in [4.78, 5) is 14.0. The van der Waals surface area contributed by atoms with Gasteiger partial charge in [-0.3, -0.25) is 4.79 Å². The lowest BCUT2D eigenvalue weighted by Gasteiger charge is -2.41. The van der Waals surface area contributed by atoms with E-state index in [4.69, 9.17) is 10.5 Å². The largest absolute Gasteiger partial charge is 0.383 e. The van der Waals surface area contributed by atoms with E-state index in [0.29, 0.717) is 13.2 Å². The highest BCUT2D eigenvalue weighted by atomic mass is 16.5. The SMILES string of the molecule is COCCN(C(=O)C1(N)CCC1)C(C)C. The molecule has 1 saturated carbocycles. The number of amides is 1. The lowest BCUT2D eigenvalue weighted by molar-refractivity contribution is -0.142. The molecule has 1 aliphatic carbocycles. The molecule has 15 heavy (non-hydrogen) atoms. The first-order valence-electron chi connectivity index (χ1n) is 5.60. The van der Waals surface area contributed by atoms with E-state index in [2.05, 4.69) is 0 Å². The van der Waals surface area contributed by atoms with Crippen LogP contribution in [0, 0.1) is 0 Å². The Morgan fingerprint density at radius 1 is 1.53 bits per heavy atom. The fraction of sp³-hybridized carbons (Fsp3) is 0.909. The number of hydrogen-bond donors (Lipinski definition) is 1. The van der Waals surface area contributed by atoms with E-state index in [1.54, 1.807) is 7.11 Å². The van der Waals surface area contributed by atoms with Crippen molar-refractivity contribution >= 4 is 5.91 Å². The quantitative estimate of drug-likeness (QED) is 0.735. The molecule has 0 aromatic carbocycles. The molecule has 0 spiro atoms. The second-order valence-corrected chi connectivity index (χ2v) is 4.59. The number of methoxy groups -OCH3 is 1. The fourth-order valence-electron chi connectivity index (χ4n) is 1.84. The van der Waals surface area contributed by atoms with Crippen LogP contribution in [0.5, 0.6) is 0 Å². The molecule has 0 atom stereocenters. The molecule has 0 unspecified atom stereocenters. The predicted octanol–water partition coefficient (Wildman–Crippen LogP) is 0.751. The standard InChI is InChI=1S/C11H22N2O2/c1-9(2)13(7-8-15-3)10(14)11(12)5-4-6-11/h9H,4-8,12H2,1-3H3. The van der Waals surface area contributed by atoms with Crippen LogP contribution in [0.25, 0.3) is 0 Å². The van der Waals surface area contributed by atoms with Crippen molar-refractivity contribution in [3.63, 3.8) is 0 Å². The van der Waals surface area contributed by atoms with Gasteiger partial charge in [-0.2, -0.15) is 0 Å². The first-order valence-corrected chi connectivity index (χ1v) is 5.60. The zero-order valence-corrected chi connectivity index (χ0v) is 9.95. The molecule has 4 nitrogen and oxygen atoms in total. The molecular formula is C11H22N2O2. The Hall–Kier alpha value is -0.610. The van der Waals surface area contributed by atoms with Gasteiger partial charge < -0.3 is 15.4 Å². The van der Waals surface area contributed by atoms with E-state index in [-0.39, 0.29) is 11.9 Å². The third-order valence-electron chi connectivity index (χ3n) is 3.09. The first kappa shape index (κ1) is 12.5. The Morgan fingerprint density at radius 2 is 2.13 bits per heavy atom. The Morgan fingerprint density at radius 3 is 2.47 bits per heavy atom. The molecule has 0 saturated heterocycles. The number of hydrogen-bond acceptors (Lipinski definition) is 3. The monoisotopic (exact) mass is 214 g/mol. The van der Waals surface area contributed by atoms with Crippen molar-refractivity contribution in [1.29, 1.82) is 0 Å². The highest BCUT2D eigenvalue weighted by Gasteiger charge is 2.43. The summed E-state index contributed by atoms with van der Waals surface area (Å²) in [5.74, 6) is 0.0841. The molecule has 0 heterocycles. The Balaban J connectivity index is 2.58. The molecule has 2 N–H and O–H groups in total. The highest BCUT2D eigenvalue weighted by molar-refractivity contribution is 5.87. The van der Waals surface area contributed by atoms with Crippen molar-refractivity contribution in [2.45, 2.75) is 44.7 Å². The summed E-state index contributed by atoms with van der Waals surface area (Å²) >= 11 is 0. The topological polar surface area (TPSA) is 55.6 Å². The Kier molecular flexibility index (Phi) is 4.11. The van der Waals surface area contributed by atoms with Gasteiger partial charge in [0.15, 0.2) is 0 Å². The van der Waals surface area contributed by atoms with Gasteiger partial charge in [-0.1, -0.05) is 0 Å². The minimum atomic E-state index is -0.585. The third kappa shape index (κ3) is 2.69. The molecule has 0 aromatic rings. The number of nitrogens with zero attached hydrogens (tertiary/aromatic N) is 1. The molecule has 88 valence electrons. The van der Waals surface area contributed by atoms with Gasteiger partial charge >= 0.3 is 0 Å². The van der Waals surface area contributed by atoms with Crippen LogP contribution in [0.4, 0.5) is 0 Å². The third-order valence-corrected chi connectivity index (χ3v) is 3.09. The Labute approximate surface area is 91.8 Å². The molecule has 0 aliphatic heterocycles. The molecule has 1 fully saturated rings. The molecule has 1 amide bonds. The van der Waals surface area contributed by atoms with Crippen LogP contribution in [0.1, 0.15) is 33.1 Å². The predicted molar refractivity (Wildman–Crippen MR) is 59.5 cm³/mol. The summed E-state index contributed by atoms with van der Waals surface area (Å²) < 4.78 is 5.00. The van der Waals surface area contributed by atoms with Gasteiger partial charge in [0.05, 0.1) is 12.1 Å². The normalized spacial score (nSPS) is 18.7. The van der Waals surface area contributed by atoms with Gasteiger partial charge in [0.2, 0.25) is 5.91 Å². The van der Waals surface area contributed by atoms with Gasteiger partial charge in [0.25, 0.3) is 0 Å². The highest BCUT2D eigenvalue weighted by Crippen LogP contribution is 2.31. The van der Waals surface area contributed by atoms with E-state index < -0.39 is 5.54 Å². The molecule has 0 bridgehead atoms. The van der Waals surface area contributed by atoms with Crippen molar-refractivity contribution in [3.8, 4) is 0 Å². The van der Waals surface area contributed by atoms with Crippen LogP contribution in [-0.2, 0) is 9.53 Å². The van der Waals surface area contributed by atoms with Crippen LogP contribution >= 0.6 is 0 Å². The molecule has 4 heteroatoms. The number of rotatable bonds is 5. The van der Waals surface area contributed by atoms with Gasteiger partial charge in [-0.05, 0) is 33.1 Å². The van der Waals surface area contributed by atoms with Crippen molar-refractivity contribution < 1.29 is 9.53 Å². The lowest BCUT2D eigenvalue weighted by atomic mass is 9.76. The van der Waals surface area contributed by atoms with Crippen molar-refractivity contribution in [1.82, 2.24) is 4.90 Å². The first-order chi connectivity index (χ1) is 7.01. The van der Waals surface area contributed by atoms with E-state index in [9.17, 15) is 4.79 Å². The maximum Gasteiger partial charge on any atom is 0.242 e. The van der Waals surface area contributed by atoms with Gasteiger partial charge in [0.1, 0.15) is 0 Å². The number of ether oxygens (including phenoxy) is 1. The van der Waals surface area contributed by atoms with Gasteiger partial charge in [-0.15, -0.1) is 0 Å². The Bertz CT molecular complexity index is 225. The van der Waals surface area contributed by atoms with Crippen LogP contribution in [0.15, 0.2) is 0 Å². The number of nitrogens with two attached hydrogens (primary N) is 1. The summed E-state index contributed by atoms with van der Waals surface area (Å²) in [6.07, 6.45) is 2.71. The maximum absolute atomic E-state index is 12.1. The molecule has 0 aromatic heterocycles. The number of carbonyl (C=O) groups excluding carboxylic acids is 1. The zero-order chi connectivity index (χ0) is 11.5. The average Bonchev–Trinajstić information content (AvgIpc) is 2.14. The van der Waals surface area contributed by atoms with Gasteiger partial charge in [0, 0.05) is 19.7 Å². The number of carbonyl (C=O) groups is 1. The smallest absolute Gasteiger partial charge is 0.242 e. The van der Waals surface area contributed by atoms with Crippen LogP contribution < -0.4 is 5.73 Å². The molecule has 1 rings (SSSR count). The molecule has 1 aliphatic rings. The zero-order valence-electron chi connectivity index (χ0n) is 9.95. The molecular weight excluding hydrogens is 192 g/mol. The lowest BCUT2D eigenvalue weighted by Crippen LogP contribution is -2.61. The minimum Gasteiger partial charge on any atom is -0.383 e. The van der Waals surface area contributed by atoms with E-state index in [1.165, 1.54) is 0 Å². The van der Waals surface area contributed by atoms with Crippen LogP contribution in [0.2, 0.25) is 0 Å². The minimum absolute atomic E-state index is 0.0841. The van der Waals surface area contributed by atoms with Gasteiger partial charge in [-0.25, -0.2) is 0 Å². The second kappa shape index (κ2) is 4.94. The summed E-state index contributed by atoms with van der Waals surface area (Å²) in [5, 5.41) is 0. The second-order valence-electron chi connectivity index (χ2n) is 4.59. The summed E-state index contributed by atoms with van der Waals surface area (Å²) in [7, 11) is 1.64. The maximum atomic E-state index is 12.1. The fourth-order valence-corrected chi connectivity index (χ4v) is 1.84. The summed E-state index contributed by atoms with van der Waals surface area (Å²) in [6, 6.07) is 0.189. The van der Waals surface area contributed by atoms with E-state index >= 15 is 0 Å². The van der Waals surface area contributed by atoms with Crippen molar-refractivity contribution in [3.05, 3.63) is 0 Å². The summed E-state index contributed by atoms with van der Waals surface area (Å²) in [6.45, 7) is 5.22. The van der Waals surface area contributed by atoms with Crippen LogP contribution in [-0.4, -0.2) is 42.6 Å². The van der Waals surface area contributed by atoms with E-state index in [1.807, 2.05) is 18.7 Å². The van der Waals surface area contributed by atoms with Crippen LogP contribution in [0.3, 0.4) is 0 Å². The van der Waals surface area contributed by atoms with E-state index in [0.717, 1.165) is 19.3 Å². The summed E-state index contributed by atoms with van der Waals surface area (Å²) in [5.41, 5.74) is 5.44. The van der Waals surface area contributed by atoms with Crippen molar-refractivity contribution in [2.24, 2.45) is 5.73 Å². The van der Waals surface area contributed by atoms with Crippen molar-refractivity contribution in [2.75, 3.05) is 20.3 Å².